The van der Waals surface area contributed by atoms with Gasteiger partial charge in [0.25, 0.3) is 5.69 Å². The lowest BCUT2D eigenvalue weighted by molar-refractivity contribution is -0.384. The number of carbonyl (C=O) groups is 1. The first-order valence-electron chi connectivity index (χ1n) is 11.3. The third-order valence-electron chi connectivity index (χ3n) is 4.71. The molecule has 2 aromatic rings. The van der Waals surface area contributed by atoms with Crippen molar-refractivity contribution in [2.45, 2.75) is 63.7 Å². The molecular weight excluding hydrogens is 454 g/mol. The molecule has 186 valence electrons. The maximum absolute atomic E-state index is 12.5. The number of benzene rings is 2. The van der Waals surface area contributed by atoms with E-state index >= 15 is 0 Å². The molecule has 0 aliphatic heterocycles. The zero-order valence-electron chi connectivity index (χ0n) is 20.4. The molecule has 0 saturated heterocycles. The van der Waals surface area contributed by atoms with Crippen molar-refractivity contribution in [1.82, 2.24) is 9.62 Å². The molecule has 2 N–H and O–H groups in total. The van der Waals surface area contributed by atoms with Crippen molar-refractivity contribution in [2.75, 3.05) is 13.1 Å². The Labute approximate surface area is 206 Å². The van der Waals surface area contributed by atoms with Gasteiger partial charge >= 0.3 is 6.09 Å². The zero-order valence-corrected chi connectivity index (χ0v) is 21.2. The number of hydrogen-bond donors (Lipinski definition) is 2. The predicted molar refractivity (Wildman–Crippen MR) is 135 cm³/mol. The highest BCUT2D eigenvalue weighted by Crippen LogP contribution is 2.26. The van der Waals surface area contributed by atoms with Crippen LogP contribution in [0, 0.1) is 16.0 Å². The second-order valence-corrected chi connectivity index (χ2v) is 10.8. The number of nitrogens with zero attached hydrogens (tertiary/aromatic N) is 2. The third-order valence-corrected chi connectivity index (χ3v) is 5.75. The fourth-order valence-electron chi connectivity index (χ4n) is 3.28. The van der Waals surface area contributed by atoms with Gasteiger partial charge in [0, 0.05) is 30.1 Å². The van der Waals surface area contributed by atoms with E-state index in [1.54, 1.807) is 32.9 Å². The molecule has 0 aliphatic carbocycles. The topological polar surface area (TPSA) is 105 Å². The van der Waals surface area contributed by atoms with E-state index in [1.165, 1.54) is 24.1 Å². The van der Waals surface area contributed by atoms with Crippen molar-refractivity contribution in [3.8, 4) is 0 Å². The first-order valence-corrected chi connectivity index (χ1v) is 12.1. The summed E-state index contributed by atoms with van der Waals surface area (Å²) in [6.07, 6.45) is -1.01. The van der Waals surface area contributed by atoms with Crippen LogP contribution >= 0.6 is 11.9 Å². The van der Waals surface area contributed by atoms with E-state index < -0.39 is 28.8 Å². The van der Waals surface area contributed by atoms with Crippen molar-refractivity contribution >= 4 is 23.7 Å². The first-order chi connectivity index (χ1) is 15.9. The minimum absolute atomic E-state index is 0.0317. The van der Waals surface area contributed by atoms with Gasteiger partial charge in [-0.2, -0.15) is 0 Å². The number of aliphatic hydroxyl groups excluding tert-OH is 1. The van der Waals surface area contributed by atoms with E-state index in [0.29, 0.717) is 18.9 Å². The Morgan fingerprint density at radius 3 is 2.26 bits per heavy atom. The summed E-state index contributed by atoms with van der Waals surface area (Å²) < 4.78 is 7.44. The van der Waals surface area contributed by atoms with Crippen LogP contribution in [0.25, 0.3) is 0 Å². The fourth-order valence-corrected chi connectivity index (χ4v) is 4.44. The summed E-state index contributed by atoms with van der Waals surface area (Å²) in [6.45, 7) is 10.5. The van der Waals surface area contributed by atoms with Crippen LogP contribution in [0.3, 0.4) is 0 Å². The molecule has 0 saturated carbocycles. The summed E-state index contributed by atoms with van der Waals surface area (Å²) in [5, 5.41) is 25.0. The smallest absolute Gasteiger partial charge is 0.407 e. The molecule has 0 heterocycles. The second-order valence-electron chi connectivity index (χ2n) is 9.59. The summed E-state index contributed by atoms with van der Waals surface area (Å²) in [4.78, 5) is 23.8. The highest BCUT2D eigenvalue weighted by molar-refractivity contribution is 7.97. The van der Waals surface area contributed by atoms with Gasteiger partial charge in [0.1, 0.15) is 5.60 Å². The van der Waals surface area contributed by atoms with Crippen LogP contribution in [0.1, 0.15) is 40.2 Å². The maximum atomic E-state index is 12.5. The Bertz CT molecular complexity index is 916. The zero-order chi connectivity index (χ0) is 25.3. The Kier molecular flexibility index (Phi) is 10.3. The monoisotopic (exact) mass is 489 g/mol. The largest absolute Gasteiger partial charge is 0.444 e. The van der Waals surface area contributed by atoms with Crippen molar-refractivity contribution in [1.29, 1.82) is 0 Å². The molecule has 2 rings (SSSR count). The minimum atomic E-state index is -0.878. The summed E-state index contributed by atoms with van der Waals surface area (Å²) in [6, 6.07) is 15.4. The predicted octanol–water partition coefficient (Wildman–Crippen LogP) is 5.06. The van der Waals surface area contributed by atoms with Crippen LogP contribution in [0.4, 0.5) is 10.5 Å². The highest BCUT2D eigenvalue weighted by Gasteiger charge is 2.27. The van der Waals surface area contributed by atoms with Crippen molar-refractivity contribution in [2.24, 2.45) is 5.92 Å². The molecule has 0 bridgehead atoms. The summed E-state index contributed by atoms with van der Waals surface area (Å²) in [5.41, 5.74) is 0.368. The number of alkyl carbamates (subject to hydrolysis) is 1. The number of hydrogen-bond acceptors (Lipinski definition) is 7. The number of rotatable bonds is 11. The van der Waals surface area contributed by atoms with Crippen molar-refractivity contribution in [3.05, 3.63) is 70.3 Å². The second kappa shape index (κ2) is 12.7. The van der Waals surface area contributed by atoms with Gasteiger partial charge in [-0.25, -0.2) is 9.10 Å². The van der Waals surface area contributed by atoms with E-state index in [4.69, 9.17) is 4.74 Å². The number of nitrogens with one attached hydrogen (secondary N) is 1. The van der Waals surface area contributed by atoms with Crippen molar-refractivity contribution in [3.63, 3.8) is 0 Å². The van der Waals surface area contributed by atoms with Gasteiger partial charge in [-0.15, -0.1) is 0 Å². The molecule has 9 heteroatoms. The lowest BCUT2D eigenvalue weighted by Crippen LogP contribution is -2.50. The van der Waals surface area contributed by atoms with Gasteiger partial charge in [-0.1, -0.05) is 44.2 Å². The Morgan fingerprint density at radius 2 is 1.74 bits per heavy atom. The van der Waals surface area contributed by atoms with Crippen LogP contribution in [-0.4, -0.2) is 51.3 Å². The van der Waals surface area contributed by atoms with Crippen LogP contribution in [-0.2, 0) is 11.2 Å². The molecule has 0 fully saturated rings. The summed E-state index contributed by atoms with van der Waals surface area (Å²) in [7, 11) is 0. The number of nitro benzene ring substituents is 1. The van der Waals surface area contributed by atoms with Crippen LogP contribution in [0.5, 0.6) is 0 Å². The molecule has 1 amide bonds. The molecule has 0 aliphatic rings. The highest BCUT2D eigenvalue weighted by atomic mass is 32.2. The molecule has 0 aromatic heterocycles. The number of nitro groups is 1. The van der Waals surface area contributed by atoms with E-state index in [-0.39, 0.29) is 12.2 Å². The number of non-ortho nitro benzene ring substituents is 1. The van der Waals surface area contributed by atoms with E-state index in [1.807, 2.05) is 34.6 Å². The lowest BCUT2D eigenvalue weighted by Gasteiger charge is -2.31. The quantitative estimate of drug-likeness (QED) is 0.258. The van der Waals surface area contributed by atoms with Crippen LogP contribution in [0.2, 0.25) is 0 Å². The summed E-state index contributed by atoms with van der Waals surface area (Å²) >= 11 is 1.43. The molecule has 8 nitrogen and oxygen atoms in total. The number of ether oxygens (including phenoxy) is 1. The SMILES string of the molecule is CC(C)CN(C[C@@H](O)[C@H](Cc1ccccc1)NC(=O)OC(C)(C)C)Sc1ccc([N+](=O)[O-])cc1. The Morgan fingerprint density at radius 1 is 1.12 bits per heavy atom. The van der Waals surface area contributed by atoms with Gasteiger partial charge < -0.3 is 15.2 Å². The minimum Gasteiger partial charge on any atom is -0.444 e. The van der Waals surface area contributed by atoms with Gasteiger partial charge in [0.2, 0.25) is 0 Å². The molecule has 0 radical (unpaired) electrons. The normalized spacial score (nSPS) is 13.5. The number of amides is 1. The molecule has 2 aromatic carbocycles. The summed E-state index contributed by atoms with van der Waals surface area (Å²) in [5.74, 6) is 0.323. The van der Waals surface area contributed by atoms with Crippen LogP contribution < -0.4 is 5.32 Å². The molecule has 2 atom stereocenters. The molecule has 0 spiro atoms. The standard InChI is InChI=1S/C25H35N3O5S/c1-18(2)16-27(34-21-13-11-20(12-14-21)28(31)32)17-23(29)22(15-19-9-7-6-8-10-19)26-24(30)33-25(3,4)5/h6-14,18,22-23,29H,15-17H2,1-5H3,(H,26,30)/t22-,23+/m0/s1. The average Bonchev–Trinajstić information content (AvgIpc) is 2.72. The van der Waals surface area contributed by atoms with E-state index in [2.05, 4.69) is 19.2 Å². The molecule has 0 unspecified atom stereocenters. The van der Waals surface area contributed by atoms with Gasteiger partial charge in [0.05, 0.1) is 17.1 Å². The van der Waals surface area contributed by atoms with Gasteiger partial charge in [-0.3, -0.25) is 10.1 Å². The molecule has 34 heavy (non-hydrogen) atoms. The maximum Gasteiger partial charge on any atom is 0.407 e. The van der Waals surface area contributed by atoms with Gasteiger partial charge in [-0.05, 0) is 62.8 Å². The van der Waals surface area contributed by atoms with E-state index in [0.717, 1.165) is 10.5 Å². The Hall–Kier alpha value is -2.62. The van der Waals surface area contributed by atoms with E-state index in [9.17, 15) is 20.0 Å². The molecular formula is C25H35N3O5S. The Balaban J connectivity index is 2.16. The number of aliphatic hydroxyl groups is 1. The average molecular weight is 490 g/mol. The fraction of sp³-hybridized carbons (Fsp3) is 0.480. The first kappa shape index (κ1) is 27.6. The third kappa shape index (κ3) is 10.1. The number of carbonyl (C=O) groups excluding carboxylic acids is 1. The lowest BCUT2D eigenvalue weighted by atomic mass is 10.0. The van der Waals surface area contributed by atoms with Gasteiger partial charge in [0.15, 0.2) is 0 Å². The van der Waals surface area contributed by atoms with Crippen molar-refractivity contribution < 1.29 is 19.6 Å². The van der Waals surface area contributed by atoms with Crippen LogP contribution in [0.15, 0.2) is 59.5 Å².